The van der Waals surface area contributed by atoms with Crippen molar-refractivity contribution in [2.45, 2.75) is 26.8 Å². The maximum Gasteiger partial charge on any atom is 0.191 e. The second-order valence-corrected chi connectivity index (χ2v) is 6.14. The van der Waals surface area contributed by atoms with Crippen LogP contribution in [0.5, 0.6) is 0 Å². The lowest BCUT2D eigenvalue weighted by atomic mass is 10.1. The third-order valence-electron chi connectivity index (χ3n) is 3.76. The number of hydrogen-bond donors (Lipinski definition) is 2. The lowest BCUT2D eigenvalue weighted by Crippen LogP contribution is -2.38. The maximum atomic E-state index is 5.60. The highest BCUT2D eigenvalue weighted by Crippen LogP contribution is 2.15. The van der Waals surface area contributed by atoms with Gasteiger partial charge in [0.2, 0.25) is 0 Å². The van der Waals surface area contributed by atoms with Gasteiger partial charge >= 0.3 is 0 Å². The molecule has 0 unspecified atom stereocenters. The summed E-state index contributed by atoms with van der Waals surface area (Å²) >= 11 is 0. The van der Waals surface area contributed by atoms with E-state index in [-0.39, 0.29) is 24.0 Å². The van der Waals surface area contributed by atoms with Gasteiger partial charge in [0.25, 0.3) is 0 Å². The van der Waals surface area contributed by atoms with Gasteiger partial charge in [-0.3, -0.25) is 9.98 Å². The van der Waals surface area contributed by atoms with Crippen molar-refractivity contribution in [2.24, 2.45) is 10.9 Å². The standard InChI is InChI=1S/C19H28N4O.HI/c1-15(2)9-12-24-13-11-22-19(20-3)23-14-17-7-4-6-16-8-5-10-21-18(16)17;/h4-8,10,15H,9,11-14H2,1-3H3,(H2,20,22,23);1H. The molecule has 1 heterocycles. The number of ether oxygens (including phenoxy) is 1. The average Bonchev–Trinajstić information content (AvgIpc) is 2.60. The van der Waals surface area contributed by atoms with E-state index in [0.717, 1.165) is 42.0 Å². The Balaban J connectivity index is 0.00000312. The monoisotopic (exact) mass is 456 g/mol. The third-order valence-corrected chi connectivity index (χ3v) is 3.76. The van der Waals surface area contributed by atoms with Gasteiger partial charge in [-0.2, -0.15) is 0 Å². The molecule has 2 rings (SSSR count). The van der Waals surface area contributed by atoms with Gasteiger partial charge in [-0.05, 0) is 24.0 Å². The molecule has 0 saturated carbocycles. The van der Waals surface area contributed by atoms with E-state index in [0.29, 0.717) is 19.1 Å². The Morgan fingerprint density at radius 1 is 1.16 bits per heavy atom. The Morgan fingerprint density at radius 3 is 2.72 bits per heavy atom. The SMILES string of the molecule is CN=C(NCCOCCC(C)C)NCc1cccc2cccnc12.I. The quantitative estimate of drug-likeness (QED) is 0.276. The Kier molecular flexibility index (Phi) is 10.4. The third kappa shape index (κ3) is 7.56. The Hall–Kier alpha value is -1.41. The van der Waals surface area contributed by atoms with Crippen LogP contribution in [0.25, 0.3) is 10.9 Å². The minimum Gasteiger partial charge on any atom is -0.380 e. The first kappa shape index (κ1) is 21.6. The molecule has 0 radical (unpaired) electrons. The fourth-order valence-corrected chi connectivity index (χ4v) is 2.37. The number of aliphatic imine (C=N–C) groups is 1. The Bertz CT molecular complexity index is 655. The summed E-state index contributed by atoms with van der Waals surface area (Å²) < 4.78 is 5.60. The zero-order valence-corrected chi connectivity index (χ0v) is 17.6. The highest BCUT2D eigenvalue weighted by molar-refractivity contribution is 14.0. The molecule has 0 aliphatic rings. The second kappa shape index (κ2) is 12.0. The van der Waals surface area contributed by atoms with Crippen LogP contribution < -0.4 is 10.6 Å². The number of fused-ring (bicyclic) bond motifs is 1. The van der Waals surface area contributed by atoms with Gasteiger partial charge in [0.1, 0.15) is 0 Å². The van der Waals surface area contributed by atoms with Crippen LogP contribution in [-0.4, -0.2) is 37.7 Å². The van der Waals surface area contributed by atoms with E-state index < -0.39 is 0 Å². The minimum atomic E-state index is 0. The molecule has 6 heteroatoms. The topological polar surface area (TPSA) is 58.5 Å². The largest absolute Gasteiger partial charge is 0.380 e. The van der Waals surface area contributed by atoms with Crippen molar-refractivity contribution in [3.05, 3.63) is 42.1 Å². The van der Waals surface area contributed by atoms with E-state index >= 15 is 0 Å². The molecule has 0 aliphatic carbocycles. The number of guanidine groups is 1. The van der Waals surface area contributed by atoms with Gasteiger partial charge < -0.3 is 15.4 Å². The van der Waals surface area contributed by atoms with E-state index in [1.54, 1.807) is 7.05 Å². The van der Waals surface area contributed by atoms with Crippen molar-refractivity contribution in [1.82, 2.24) is 15.6 Å². The van der Waals surface area contributed by atoms with Crippen molar-refractivity contribution in [1.29, 1.82) is 0 Å². The van der Waals surface area contributed by atoms with Crippen LogP contribution in [0.4, 0.5) is 0 Å². The van der Waals surface area contributed by atoms with Crippen LogP contribution >= 0.6 is 24.0 Å². The first-order valence-electron chi connectivity index (χ1n) is 8.55. The number of halogens is 1. The molecule has 138 valence electrons. The lowest BCUT2D eigenvalue weighted by molar-refractivity contribution is 0.128. The minimum absolute atomic E-state index is 0. The van der Waals surface area contributed by atoms with Crippen molar-refractivity contribution in [3.63, 3.8) is 0 Å². The smallest absolute Gasteiger partial charge is 0.191 e. The van der Waals surface area contributed by atoms with Gasteiger partial charge in [0.05, 0.1) is 12.1 Å². The van der Waals surface area contributed by atoms with Gasteiger partial charge in [-0.25, -0.2) is 0 Å². The number of nitrogens with one attached hydrogen (secondary N) is 2. The molecular weight excluding hydrogens is 427 g/mol. The first-order chi connectivity index (χ1) is 11.7. The number of pyridine rings is 1. The van der Waals surface area contributed by atoms with Gasteiger partial charge in [-0.1, -0.05) is 38.1 Å². The van der Waals surface area contributed by atoms with Gasteiger partial charge in [-0.15, -0.1) is 24.0 Å². The van der Waals surface area contributed by atoms with Crippen LogP contribution in [0.3, 0.4) is 0 Å². The van der Waals surface area contributed by atoms with Crippen LogP contribution in [0.15, 0.2) is 41.5 Å². The number of nitrogens with zero attached hydrogens (tertiary/aromatic N) is 2. The van der Waals surface area contributed by atoms with E-state index in [1.807, 2.05) is 12.3 Å². The van der Waals surface area contributed by atoms with Gasteiger partial charge in [0.15, 0.2) is 5.96 Å². The van der Waals surface area contributed by atoms with Crippen molar-refractivity contribution in [3.8, 4) is 0 Å². The Labute approximate surface area is 167 Å². The van der Waals surface area contributed by atoms with E-state index in [2.05, 4.69) is 58.7 Å². The first-order valence-corrected chi connectivity index (χ1v) is 8.55. The summed E-state index contributed by atoms with van der Waals surface area (Å²) in [5.74, 6) is 1.46. The molecule has 1 aromatic heterocycles. The summed E-state index contributed by atoms with van der Waals surface area (Å²) in [5.41, 5.74) is 2.18. The van der Waals surface area contributed by atoms with Crippen LogP contribution in [0.2, 0.25) is 0 Å². The summed E-state index contributed by atoms with van der Waals surface area (Å²) in [7, 11) is 1.77. The highest BCUT2D eigenvalue weighted by atomic mass is 127. The second-order valence-electron chi connectivity index (χ2n) is 6.14. The Morgan fingerprint density at radius 2 is 1.96 bits per heavy atom. The average molecular weight is 456 g/mol. The van der Waals surface area contributed by atoms with Crippen molar-refractivity contribution < 1.29 is 4.74 Å². The van der Waals surface area contributed by atoms with Crippen LogP contribution in [0.1, 0.15) is 25.8 Å². The number of benzene rings is 1. The molecule has 2 N–H and O–H groups in total. The van der Waals surface area contributed by atoms with Crippen LogP contribution in [-0.2, 0) is 11.3 Å². The molecule has 0 aliphatic heterocycles. The molecule has 25 heavy (non-hydrogen) atoms. The van der Waals surface area contributed by atoms with E-state index in [9.17, 15) is 0 Å². The summed E-state index contributed by atoms with van der Waals surface area (Å²) in [5, 5.41) is 7.75. The number of para-hydroxylation sites is 1. The summed E-state index contributed by atoms with van der Waals surface area (Å²) in [4.78, 5) is 8.72. The van der Waals surface area contributed by atoms with Gasteiger partial charge in [0, 0.05) is 38.3 Å². The van der Waals surface area contributed by atoms with Crippen LogP contribution in [0, 0.1) is 5.92 Å². The molecule has 2 aromatic rings. The maximum absolute atomic E-state index is 5.60. The number of rotatable bonds is 8. The molecule has 0 spiro atoms. The fourth-order valence-electron chi connectivity index (χ4n) is 2.37. The molecular formula is C19H29IN4O. The fraction of sp³-hybridized carbons (Fsp3) is 0.474. The summed E-state index contributed by atoms with van der Waals surface area (Å²) in [6.07, 6.45) is 2.93. The van der Waals surface area contributed by atoms with Crippen molar-refractivity contribution >= 4 is 40.8 Å². The summed E-state index contributed by atoms with van der Waals surface area (Å²) in [6, 6.07) is 10.3. The molecule has 0 saturated heterocycles. The predicted octanol–water partition coefficient (Wildman–Crippen LogP) is 3.58. The number of aromatic nitrogens is 1. The molecule has 0 bridgehead atoms. The lowest BCUT2D eigenvalue weighted by Gasteiger charge is -2.13. The van der Waals surface area contributed by atoms with E-state index in [4.69, 9.17) is 4.74 Å². The summed E-state index contributed by atoms with van der Waals surface area (Å²) in [6.45, 7) is 7.33. The molecule has 0 amide bonds. The molecule has 5 nitrogen and oxygen atoms in total. The molecule has 0 fully saturated rings. The highest BCUT2D eigenvalue weighted by Gasteiger charge is 2.03. The zero-order chi connectivity index (χ0) is 17.2. The van der Waals surface area contributed by atoms with E-state index in [1.165, 1.54) is 0 Å². The normalized spacial score (nSPS) is 11.4. The molecule has 1 aromatic carbocycles. The van der Waals surface area contributed by atoms with Crippen molar-refractivity contribution in [2.75, 3.05) is 26.8 Å². The number of hydrogen-bond acceptors (Lipinski definition) is 3. The molecule has 0 atom stereocenters. The zero-order valence-electron chi connectivity index (χ0n) is 15.3. The predicted molar refractivity (Wildman–Crippen MR) is 116 cm³/mol.